The van der Waals surface area contributed by atoms with Gasteiger partial charge in [0.2, 0.25) is 0 Å². The smallest absolute Gasteiger partial charge is 0.265 e. The molecule has 4 rings (SSSR count). The van der Waals surface area contributed by atoms with Crippen LogP contribution in [0.3, 0.4) is 0 Å². The Morgan fingerprint density at radius 1 is 1.19 bits per heavy atom. The summed E-state index contributed by atoms with van der Waals surface area (Å²) in [7, 11) is 0. The summed E-state index contributed by atoms with van der Waals surface area (Å²) in [4.78, 5) is 30.2. The molecule has 0 spiro atoms. The highest BCUT2D eigenvalue weighted by Crippen LogP contribution is 2.32. The van der Waals surface area contributed by atoms with Crippen LogP contribution in [0.2, 0.25) is 0 Å². The average Bonchev–Trinajstić information content (AvgIpc) is 3.17. The molecule has 26 heavy (non-hydrogen) atoms. The molecular weight excluding hydrogens is 350 g/mol. The van der Waals surface area contributed by atoms with E-state index in [9.17, 15) is 9.59 Å². The van der Waals surface area contributed by atoms with Crippen LogP contribution in [0.5, 0.6) is 5.75 Å². The van der Waals surface area contributed by atoms with Crippen molar-refractivity contribution < 1.29 is 14.3 Å². The molecule has 0 saturated carbocycles. The molecule has 0 unspecified atom stereocenters. The third-order valence-corrected chi connectivity index (χ3v) is 4.71. The van der Waals surface area contributed by atoms with Crippen LogP contribution in [0.25, 0.3) is 0 Å². The van der Waals surface area contributed by atoms with Crippen molar-refractivity contribution in [1.82, 2.24) is 4.98 Å². The molecule has 130 valence electrons. The molecule has 7 heteroatoms. The number of anilines is 2. The van der Waals surface area contributed by atoms with E-state index in [1.165, 1.54) is 11.3 Å². The highest BCUT2D eigenvalue weighted by Gasteiger charge is 2.25. The minimum absolute atomic E-state index is 0.0331. The van der Waals surface area contributed by atoms with Crippen LogP contribution in [-0.2, 0) is 11.3 Å². The van der Waals surface area contributed by atoms with Gasteiger partial charge in [0.05, 0.1) is 12.2 Å². The number of ether oxygens (including phenoxy) is 1. The van der Waals surface area contributed by atoms with Crippen LogP contribution in [0.4, 0.5) is 10.8 Å². The van der Waals surface area contributed by atoms with Gasteiger partial charge in [-0.3, -0.25) is 14.9 Å². The molecule has 2 heterocycles. The van der Waals surface area contributed by atoms with Crippen LogP contribution in [0, 0.1) is 0 Å². The van der Waals surface area contributed by atoms with E-state index in [2.05, 4.69) is 10.3 Å². The lowest BCUT2D eigenvalue weighted by molar-refractivity contribution is -0.121. The molecule has 2 aromatic carbocycles. The molecule has 1 aliphatic heterocycles. The molecule has 0 saturated heterocycles. The third kappa shape index (κ3) is 3.29. The number of nitrogens with one attached hydrogen (secondary N) is 1. The number of benzene rings is 2. The van der Waals surface area contributed by atoms with Gasteiger partial charge < -0.3 is 9.64 Å². The Balaban J connectivity index is 1.49. The normalized spacial score (nSPS) is 13.1. The monoisotopic (exact) mass is 365 g/mol. The first-order chi connectivity index (χ1) is 12.7. The van der Waals surface area contributed by atoms with Gasteiger partial charge in [0.25, 0.3) is 11.8 Å². The summed E-state index contributed by atoms with van der Waals surface area (Å²) in [5, 5.41) is 5.11. The molecule has 3 aromatic rings. The third-order valence-electron chi connectivity index (χ3n) is 4.02. The number of para-hydroxylation sites is 2. The van der Waals surface area contributed by atoms with Gasteiger partial charge in [-0.25, -0.2) is 4.98 Å². The maximum absolute atomic E-state index is 12.2. The van der Waals surface area contributed by atoms with Crippen molar-refractivity contribution in [3.8, 4) is 5.75 Å². The number of nitrogens with zero attached hydrogens (tertiary/aromatic N) is 2. The van der Waals surface area contributed by atoms with Gasteiger partial charge >= 0.3 is 0 Å². The number of amides is 2. The molecule has 1 N–H and O–H groups in total. The Morgan fingerprint density at radius 2 is 2.00 bits per heavy atom. The molecule has 0 aliphatic carbocycles. The van der Waals surface area contributed by atoms with Gasteiger partial charge in [-0.15, -0.1) is 11.3 Å². The lowest BCUT2D eigenvalue weighted by atomic mass is 10.1. The molecule has 0 bridgehead atoms. The Kier molecular flexibility index (Phi) is 4.37. The molecule has 0 fully saturated rings. The van der Waals surface area contributed by atoms with Gasteiger partial charge in [-0.1, -0.05) is 24.3 Å². The summed E-state index contributed by atoms with van der Waals surface area (Å²) in [5.74, 6) is 0.403. The van der Waals surface area contributed by atoms with E-state index in [4.69, 9.17) is 4.74 Å². The average molecular weight is 365 g/mol. The highest BCUT2D eigenvalue weighted by molar-refractivity contribution is 7.13. The predicted molar refractivity (Wildman–Crippen MR) is 99.6 cm³/mol. The van der Waals surface area contributed by atoms with Crippen LogP contribution in [-0.4, -0.2) is 23.4 Å². The standard InChI is InChI=1S/C19H15N3O3S/c23-17-12-25-16-4-2-1-3-15(16)22(17)11-13-5-7-14(8-6-13)18(24)21-19-20-9-10-26-19/h1-10H,11-12H2,(H,20,21,24). The summed E-state index contributed by atoms with van der Waals surface area (Å²) >= 11 is 1.37. The highest BCUT2D eigenvalue weighted by atomic mass is 32.1. The van der Waals surface area contributed by atoms with E-state index >= 15 is 0 Å². The Bertz CT molecular complexity index is 939. The number of thiazole rings is 1. The van der Waals surface area contributed by atoms with E-state index in [1.54, 1.807) is 28.6 Å². The summed E-state index contributed by atoms with van der Waals surface area (Å²) in [6, 6.07) is 14.7. The first kappa shape index (κ1) is 16.3. The van der Waals surface area contributed by atoms with Gasteiger partial charge in [0, 0.05) is 17.1 Å². The molecular formula is C19H15N3O3S. The van der Waals surface area contributed by atoms with Crippen LogP contribution >= 0.6 is 11.3 Å². The minimum atomic E-state index is -0.209. The largest absolute Gasteiger partial charge is 0.482 e. The SMILES string of the molecule is O=C(Nc1nccs1)c1ccc(CN2C(=O)COc3ccccc32)cc1. The summed E-state index contributed by atoms with van der Waals surface area (Å²) in [6.07, 6.45) is 1.64. The van der Waals surface area contributed by atoms with Crippen LogP contribution in [0.1, 0.15) is 15.9 Å². The van der Waals surface area contributed by atoms with Crippen molar-refractivity contribution in [1.29, 1.82) is 0 Å². The van der Waals surface area contributed by atoms with E-state index in [-0.39, 0.29) is 18.4 Å². The van der Waals surface area contributed by atoms with Crippen molar-refractivity contribution in [2.24, 2.45) is 0 Å². The second kappa shape index (κ2) is 6.97. The van der Waals surface area contributed by atoms with E-state index < -0.39 is 0 Å². The summed E-state index contributed by atoms with van der Waals surface area (Å²) < 4.78 is 5.46. The first-order valence-corrected chi connectivity index (χ1v) is 8.90. The zero-order chi connectivity index (χ0) is 17.9. The lowest BCUT2D eigenvalue weighted by Gasteiger charge is -2.29. The lowest BCUT2D eigenvalue weighted by Crippen LogP contribution is -2.38. The number of aromatic nitrogens is 1. The predicted octanol–water partition coefficient (Wildman–Crippen LogP) is 3.32. The molecule has 1 aliphatic rings. The molecule has 6 nitrogen and oxygen atoms in total. The van der Waals surface area contributed by atoms with Gasteiger partial charge in [0.15, 0.2) is 11.7 Å². The maximum Gasteiger partial charge on any atom is 0.265 e. The van der Waals surface area contributed by atoms with E-state index in [0.29, 0.717) is 23.0 Å². The van der Waals surface area contributed by atoms with Gasteiger partial charge in [0.1, 0.15) is 5.75 Å². The van der Waals surface area contributed by atoms with Crippen molar-refractivity contribution in [3.05, 3.63) is 71.2 Å². The minimum Gasteiger partial charge on any atom is -0.482 e. The summed E-state index contributed by atoms with van der Waals surface area (Å²) in [5.41, 5.74) is 2.23. The number of hydrogen-bond acceptors (Lipinski definition) is 5. The van der Waals surface area contributed by atoms with Crippen LogP contribution < -0.4 is 15.0 Å². The Labute approximate surface area is 154 Å². The second-order valence-electron chi connectivity index (χ2n) is 5.72. The number of rotatable bonds is 4. The Morgan fingerprint density at radius 3 is 2.77 bits per heavy atom. The Hall–Kier alpha value is -3.19. The fourth-order valence-electron chi connectivity index (χ4n) is 2.73. The number of carbonyl (C=O) groups excluding carboxylic acids is 2. The number of carbonyl (C=O) groups is 2. The van der Waals surface area contributed by atoms with Crippen molar-refractivity contribution in [2.75, 3.05) is 16.8 Å². The van der Waals surface area contributed by atoms with Crippen LogP contribution in [0.15, 0.2) is 60.1 Å². The molecule has 0 radical (unpaired) electrons. The summed E-state index contributed by atoms with van der Waals surface area (Å²) in [6.45, 7) is 0.457. The zero-order valence-electron chi connectivity index (χ0n) is 13.7. The zero-order valence-corrected chi connectivity index (χ0v) is 14.5. The van der Waals surface area contributed by atoms with E-state index in [1.807, 2.05) is 36.4 Å². The molecule has 0 atom stereocenters. The maximum atomic E-state index is 12.2. The van der Waals surface area contributed by atoms with Gasteiger partial charge in [-0.2, -0.15) is 0 Å². The topological polar surface area (TPSA) is 71.5 Å². The quantitative estimate of drug-likeness (QED) is 0.770. The second-order valence-corrected chi connectivity index (χ2v) is 6.62. The number of hydrogen-bond donors (Lipinski definition) is 1. The van der Waals surface area contributed by atoms with Crippen molar-refractivity contribution >= 4 is 34.0 Å². The van der Waals surface area contributed by atoms with Crippen molar-refractivity contribution in [2.45, 2.75) is 6.54 Å². The molecule has 2 amide bonds. The van der Waals surface area contributed by atoms with Crippen molar-refractivity contribution in [3.63, 3.8) is 0 Å². The fraction of sp³-hybridized carbons (Fsp3) is 0.105. The van der Waals surface area contributed by atoms with Gasteiger partial charge in [-0.05, 0) is 29.8 Å². The van der Waals surface area contributed by atoms with E-state index in [0.717, 1.165) is 11.3 Å². The molecule has 1 aromatic heterocycles. The number of fused-ring (bicyclic) bond motifs is 1. The first-order valence-electron chi connectivity index (χ1n) is 8.03. The fourth-order valence-corrected chi connectivity index (χ4v) is 3.25.